The van der Waals surface area contributed by atoms with Gasteiger partial charge in [-0.2, -0.15) is 0 Å². The average Bonchev–Trinajstić information content (AvgIpc) is 2.90. The van der Waals surface area contributed by atoms with Crippen LogP contribution < -0.4 is 5.32 Å². The Labute approximate surface area is 106 Å². The molecule has 0 bridgehead atoms. The van der Waals surface area contributed by atoms with Crippen LogP contribution in [0.1, 0.15) is 31.1 Å². The highest BCUT2D eigenvalue weighted by molar-refractivity contribution is 5.58. The van der Waals surface area contributed by atoms with Crippen molar-refractivity contribution in [3.05, 3.63) is 48.0 Å². The molecule has 18 heavy (non-hydrogen) atoms. The molecule has 1 fully saturated rings. The first kappa shape index (κ1) is 11.5. The quantitative estimate of drug-likeness (QED) is 0.868. The monoisotopic (exact) mass is 245 g/mol. The Kier molecular flexibility index (Phi) is 3.15. The third kappa shape index (κ3) is 2.18. The maximum Gasteiger partial charge on any atom is 0.137 e. The zero-order valence-corrected chi connectivity index (χ0v) is 10.2. The molecule has 2 heterocycles. The fourth-order valence-electron chi connectivity index (χ4n) is 2.44. The highest BCUT2D eigenvalue weighted by Gasteiger charge is 2.19. The van der Waals surface area contributed by atoms with Crippen LogP contribution in [0.4, 0.5) is 4.39 Å². The van der Waals surface area contributed by atoms with E-state index in [9.17, 15) is 4.39 Å². The van der Waals surface area contributed by atoms with E-state index in [2.05, 4.69) is 5.32 Å². The molecular formula is C15H16FNO. The number of hydrogen-bond acceptors (Lipinski definition) is 2. The molecule has 94 valence electrons. The molecule has 2 aromatic rings. The van der Waals surface area contributed by atoms with Crippen LogP contribution in [0.3, 0.4) is 0 Å². The highest BCUT2D eigenvalue weighted by atomic mass is 19.1. The molecule has 1 atom stereocenters. The SMILES string of the molecule is Fc1ccccc1-c1ccc([C@@H]2CCCCN2)o1. The molecule has 0 aliphatic carbocycles. The number of furan rings is 1. The number of benzene rings is 1. The van der Waals surface area contributed by atoms with Crippen LogP contribution >= 0.6 is 0 Å². The fraction of sp³-hybridized carbons (Fsp3) is 0.333. The van der Waals surface area contributed by atoms with Crippen molar-refractivity contribution in [2.45, 2.75) is 25.3 Å². The van der Waals surface area contributed by atoms with Gasteiger partial charge in [-0.3, -0.25) is 0 Å². The van der Waals surface area contributed by atoms with Crippen LogP contribution in [0, 0.1) is 5.82 Å². The van der Waals surface area contributed by atoms with Gasteiger partial charge in [-0.15, -0.1) is 0 Å². The Hall–Kier alpha value is -1.61. The molecular weight excluding hydrogens is 229 g/mol. The molecule has 0 spiro atoms. The summed E-state index contributed by atoms with van der Waals surface area (Å²) in [5.74, 6) is 1.28. The van der Waals surface area contributed by atoms with Crippen LogP contribution in [0.2, 0.25) is 0 Å². The van der Waals surface area contributed by atoms with Crippen LogP contribution in [-0.2, 0) is 0 Å². The van der Waals surface area contributed by atoms with E-state index in [-0.39, 0.29) is 11.9 Å². The van der Waals surface area contributed by atoms with Crippen LogP contribution in [-0.4, -0.2) is 6.54 Å². The molecule has 3 heteroatoms. The zero-order chi connectivity index (χ0) is 12.4. The van der Waals surface area contributed by atoms with E-state index in [0.29, 0.717) is 11.3 Å². The number of nitrogens with one attached hydrogen (secondary N) is 1. The lowest BCUT2D eigenvalue weighted by atomic mass is 10.0. The summed E-state index contributed by atoms with van der Waals surface area (Å²) in [6, 6.07) is 10.8. The van der Waals surface area contributed by atoms with Crippen molar-refractivity contribution >= 4 is 0 Å². The minimum absolute atomic E-state index is 0.241. The summed E-state index contributed by atoms with van der Waals surface area (Å²) >= 11 is 0. The van der Waals surface area contributed by atoms with E-state index in [1.807, 2.05) is 18.2 Å². The molecule has 1 aliphatic heterocycles. The van der Waals surface area contributed by atoms with E-state index >= 15 is 0 Å². The number of halogens is 1. The Bertz CT molecular complexity index is 529. The maximum atomic E-state index is 13.7. The standard InChI is InChI=1S/C15H16FNO/c16-12-6-2-1-5-11(12)14-8-9-15(18-14)13-7-3-4-10-17-13/h1-2,5-6,8-9,13,17H,3-4,7,10H2/t13-/m0/s1. The number of piperidine rings is 1. The van der Waals surface area contributed by atoms with Crippen molar-refractivity contribution in [1.29, 1.82) is 0 Å². The van der Waals surface area contributed by atoms with Crippen molar-refractivity contribution in [2.75, 3.05) is 6.54 Å². The molecule has 1 aromatic heterocycles. The van der Waals surface area contributed by atoms with E-state index in [1.54, 1.807) is 12.1 Å². The summed E-state index contributed by atoms with van der Waals surface area (Å²) in [4.78, 5) is 0. The minimum atomic E-state index is -0.241. The van der Waals surface area contributed by atoms with Crippen LogP contribution in [0.15, 0.2) is 40.8 Å². The molecule has 0 saturated carbocycles. The predicted molar refractivity (Wildman–Crippen MR) is 68.7 cm³/mol. The first-order valence-corrected chi connectivity index (χ1v) is 6.42. The Morgan fingerprint density at radius 2 is 2.00 bits per heavy atom. The molecule has 2 nitrogen and oxygen atoms in total. The van der Waals surface area contributed by atoms with Gasteiger partial charge in [0.25, 0.3) is 0 Å². The topological polar surface area (TPSA) is 25.2 Å². The molecule has 3 rings (SSSR count). The minimum Gasteiger partial charge on any atom is -0.459 e. The van der Waals surface area contributed by atoms with Gasteiger partial charge in [0.1, 0.15) is 17.3 Å². The van der Waals surface area contributed by atoms with E-state index in [4.69, 9.17) is 4.42 Å². The van der Waals surface area contributed by atoms with Gasteiger partial charge in [0.15, 0.2) is 0 Å². The fourth-order valence-corrected chi connectivity index (χ4v) is 2.44. The number of hydrogen-bond donors (Lipinski definition) is 1. The van der Waals surface area contributed by atoms with Gasteiger partial charge in [-0.1, -0.05) is 18.6 Å². The number of rotatable bonds is 2. The summed E-state index contributed by atoms with van der Waals surface area (Å²) in [7, 11) is 0. The molecule has 0 amide bonds. The van der Waals surface area contributed by atoms with Gasteiger partial charge in [-0.25, -0.2) is 4.39 Å². The van der Waals surface area contributed by atoms with Gasteiger partial charge in [0.2, 0.25) is 0 Å². The Morgan fingerprint density at radius 3 is 2.78 bits per heavy atom. The lowest BCUT2D eigenvalue weighted by Crippen LogP contribution is -2.26. The normalized spacial score (nSPS) is 19.9. The summed E-state index contributed by atoms with van der Waals surface area (Å²) in [6.45, 7) is 1.03. The second kappa shape index (κ2) is 4.94. The van der Waals surface area contributed by atoms with Gasteiger partial charge < -0.3 is 9.73 Å². The largest absolute Gasteiger partial charge is 0.459 e. The van der Waals surface area contributed by atoms with E-state index < -0.39 is 0 Å². The lowest BCUT2D eigenvalue weighted by molar-refractivity contribution is 0.352. The van der Waals surface area contributed by atoms with Gasteiger partial charge >= 0.3 is 0 Å². The van der Waals surface area contributed by atoms with Crippen molar-refractivity contribution in [2.24, 2.45) is 0 Å². The Balaban J connectivity index is 1.87. The second-order valence-electron chi connectivity index (χ2n) is 4.68. The summed E-state index contributed by atoms with van der Waals surface area (Å²) in [5, 5.41) is 3.43. The molecule has 1 aromatic carbocycles. The molecule has 0 unspecified atom stereocenters. The smallest absolute Gasteiger partial charge is 0.137 e. The average molecular weight is 245 g/mol. The highest BCUT2D eigenvalue weighted by Crippen LogP contribution is 2.30. The Morgan fingerprint density at radius 1 is 1.11 bits per heavy atom. The van der Waals surface area contributed by atoms with Crippen LogP contribution in [0.25, 0.3) is 11.3 Å². The van der Waals surface area contributed by atoms with Gasteiger partial charge in [0.05, 0.1) is 11.6 Å². The lowest BCUT2D eigenvalue weighted by Gasteiger charge is -2.21. The second-order valence-corrected chi connectivity index (χ2v) is 4.68. The maximum absolute atomic E-state index is 13.7. The summed E-state index contributed by atoms with van der Waals surface area (Å²) in [5.41, 5.74) is 0.527. The molecule has 1 saturated heterocycles. The van der Waals surface area contributed by atoms with Crippen LogP contribution in [0.5, 0.6) is 0 Å². The van der Waals surface area contributed by atoms with Crippen molar-refractivity contribution in [3.8, 4) is 11.3 Å². The summed E-state index contributed by atoms with van der Waals surface area (Å²) in [6.07, 6.45) is 3.52. The van der Waals surface area contributed by atoms with E-state index in [1.165, 1.54) is 18.9 Å². The van der Waals surface area contributed by atoms with Crippen molar-refractivity contribution in [1.82, 2.24) is 5.32 Å². The van der Waals surface area contributed by atoms with Crippen molar-refractivity contribution < 1.29 is 8.81 Å². The van der Waals surface area contributed by atoms with E-state index in [0.717, 1.165) is 18.7 Å². The molecule has 0 radical (unpaired) electrons. The van der Waals surface area contributed by atoms with Gasteiger partial charge in [-0.05, 0) is 43.7 Å². The predicted octanol–water partition coefficient (Wildman–Crippen LogP) is 3.90. The zero-order valence-electron chi connectivity index (χ0n) is 10.2. The summed E-state index contributed by atoms with van der Waals surface area (Å²) < 4.78 is 19.4. The molecule has 1 aliphatic rings. The van der Waals surface area contributed by atoms with Crippen molar-refractivity contribution in [3.63, 3.8) is 0 Å². The molecule has 1 N–H and O–H groups in total. The van der Waals surface area contributed by atoms with Gasteiger partial charge in [0, 0.05) is 0 Å². The third-order valence-corrected chi connectivity index (χ3v) is 3.42. The first-order chi connectivity index (χ1) is 8.84. The third-order valence-electron chi connectivity index (χ3n) is 3.42. The first-order valence-electron chi connectivity index (χ1n) is 6.42.